The van der Waals surface area contributed by atoms with Crippen LogP contribution < -0.4 is 0 Å². The van der Waals surface area contributed by atoms with E-state index in [1.807, 2.05) is 24.3 Å². The number of rotatable bonds is 3. The van der Waals surface area contributed by atoms with Crippen LogP contribution in [0.2, 0.25) is 0 Å². The highest BCUT2D eigenvalue weighted by atomic mass is 16.6. The molecule has 0 unspecified atom stereocenters. The third kappa shape index (κ3) is 2.57. The van der Waals surface area contributed by atoms with Crippen LogP contribution >= 0.6 is 0 Å². The molecule has 0 aliphatic heterocycles. The van der Waals surface area contributed by atoms with Crippen LogP contribution in [0.25, 0.3) is 11.0 Å². The first kappa shape index (κ1) is 12.8. The maximum atomic E-state index is 10.7. The molecule has 21 heavy (non-hydrogen) atoms. The quantitative estimate of drug-likeness (QED) is 0.437. The number of aliphatic imine (C=N–C) groups is 1. The molecule has 0 aliphatic rings. The summed E-state index contributed by atoms with van der Waals surface area (Å²) in [5.74, 6) is 0.280. The molecule has 0 spiro atoms. The van der Waals surface area contributed by atoms with Crippen molar-refractivity contribution in [2.24, 2.45) is 4.99 Å². The standard InChI is InChI=1S/C14H10N4O3/c19-13-6-5-10(18(20)21)7-9(13)8-15-14-16-11-3-1-2-4-12(11)17-14/h1-8,19H,(H,16,17)/b15-8+. The molecule has 7 heteroatoms. The van der Waals surface area contributed by atoms with Crippen LogP contribution in [0.15, 0.2) is 47.5 Å². The summed E-state index contributed by atoms with van der Waals surface area (Å²) >= 11 is 0. The molecule has 0 radical (unpaired) electrons. The number of aromatic hydroxyl groups is 1. The second-order valence-corrected chi connectivity index (χ2v) is 4.34. The summed E-state index contributed by atoms with van der Waals surface area (Å²) in [7, 11) is 0. The number of nitro groups is 1. The van der Waals surface area contributed by atoms with Gasteiger partial charge < -0.3 is 10.1 Å². The molecule has 1 heterocycles. The molecule has 1 aromatic heterocycles. The zero-order chi connectivity index (χ0) is 14.8. The van der Waals surface area contributed by atoms with Gasteiger partial charge in [0.25, 0.3) is 5.69 Å². The van der Waals surface area contributed by atoms with Crippen LogP contribution in [0.4, 0.5) is 11.6 Å². The van der Waals surface area contributed by atoms with Gasteiger partial charge in [-0.2, -0.15) is 0 Å². The summed E-state index contributed by atoms with van der Waals surface area (Å²) in [4.78, 5) is 21.5. The Morgan fingerprint density at radius 1 is 1.29 bits per heavy atom. The number of fused-ring (bicyclic) bond motifs is 1. The predicted octanol–water partition coefficient (Wildman–Crippen LogP) is 2.93. The van der Waals surface area contributed by atoms with Gasteiger partial charge in [0.2, 0.25) is 5.95 Å². The number of benzene rings is 2. The van der Waals surface area contributed by atoms with Crippen LogP contribution in [0.1, 0.15) is 5.56 Å². The number of nitrogens with zero attached hydrogens (tertiary/aromatic N) is 3. The van der Waals surface area contributed by atoms with Crippen LogP contribution in [0.3, 0.4) is 0 Å². The summed E-state index contributed by atoms with van der Waals surface area (Å²) in [6.45, 7) is 0. The van der Waals surface area contributed by atoms with E-state index in [1.54, 1.807) is 0 Å². The molecular weight excluding hydrogens is 272 g/mol. The highest BCUT2D eigenvalue weighted by Crippen LogP contribution is 2.22. The third-order valence-corrected chi connectivity index (χ3v) is 2.92. The van der Waals surface area contributed by atoms with Gasteiger partial charge in [-0.3, -0.25) is 10.1 Å². The maximum Gasteiger partial charge on any atom is 0.270 e. The van der Waals surface area contributed by atoms with Crippen molar-refractivity contribution in [3.05, 3.63) is 58.1 Å². The maximum absolute atomic E-state index is 10.7. The Balaban J connectivity index is 1.95. The number of hydrogen-bond acceptors (Lipinski definition) is 5. The van der Waals surface area contributed by atoms with Crippen LogP contribution in [-0.4, -0.2) is 26.2 Å². The first-order valence-electron chi connectivity index (χ1n) is 6.10. The molecule has 0 saturated heterocycles. The fourth-order valence-corrected chi connectivity index (χ4v) is 1.89. The van der Waals surface area contributed by atoms with Gasteiger partial charge in [0.1, 0.15) is 5.75 Å². The zero-order valence-corrected chi connectivity index (χ0v) is 10.7. The van der Waals surface area contributed by atoms with E-state index in [0.717, 1.165) is 11.0 Å². The highest BCUT2D eigenvalue weighted by Gasteiger charge is 2.09. The van der Waals surface area contributed by atoms with E-state index in [4.69, 9.17) is 0 Å². The number of nitro benzene ring substituents is 1. The summed E-state index contributed by atoms with van der Waals surface area (Å²) < 4.78 is 0. The third-order valence-electron chi connectivity index (χ3n) is 2.92. The summed E-state index contributed by atoms with van der Waals surface area (Å²) in [5.41, 5.74) is 1.75. The van der Waals surface area contributed by atoms with E-state index in [-0.39, 0.29) is 17.0 Å². The lowest BCUT2D eigenvalue weighted by atomic mass is 10.2. The van der Waals surface area contributed by atoms with Crippen molar-refractivity contribution < 1.29 is 10.0 Å². The number of phenols is 1. The zero-order valence-electron chi connectivity index (χ0n) is 10.7. The number of imidazole rings is 1. The van der Waals surface area contributed by atoms with Gasteiger partial charge in [0.05, 0.1) is 16.0 Å². The topological polar surface area (TPSA) is 104 Å². The Morgan fingerprint density at radius 3 is 2.86 bits per heavy atom. The molecule has 2 N–H and O–H groups in total. The number of para-hydroxylation sites is 2. The van der Waals surface area contributed by atoms with Crippen LogP contribution in [0.5, 0.6) is 5.75 Å². The Hall–Kier alpha value is -3.22. The van der Waals surface area contributed by atoms with Gasteiger partial charge in [-0.25, -0.2) is 9.98 Å². The normalized spacial score (nSPS) is 11.2. The molecule has 3 aromatic rings. The lowest BCUT2D eigenvalue weighted by Gasteiger charge is -1.97. The van der Waals surface area contributed by atoms with Crippen molar-refractivity contribution >= 4 is 28.9 Å². The summed E-state index contributed by atoms with van der Waals surface area (Å²) in [6.07, 6.45) is 1.33. The van der Waals surface area contributed by atoms with Gasteiger partial charge in [-0.1, -0.05) is 12.1 Å². The van der Waals surface area contributed by atoms with E-state index >= 15 is 0 Å². The lowest BCUT2D eigenvalue weighted by Crippen LogP contribution is -1.90. The summed E-state index contributed by atoms with van der Waals surface area (Å²) in [5, 5.41) is 20.4. The second kappa shape index (κ2) is 5.04. The van der Waals surface area contributed by atoms with E-state index in [0.29, 0.717) is 5.95 Å². The molecule has 0 atom stereocenters. The van der Waals surface area contributed by atoms with Crippen molar-refractivity contribution in [3.8, 4) is 5.75 Å². The van der Waals surface area contributed by atoms with Gasteiger partial charge in [-0.05, 0) is 18.2 Å². The van der Waals surface area contributed by atoms with Crippen LogP contribution in [0, 0.1) is 10.1 Å². The van der Waals surface area contributed by atoms with Gasteiger partial charge in [-0.15, -0.1) is 0 Å². The Morgan fingerprint density at radius 2 is 2.10 bits per heavy atom. The highest BCUT2D eigenvalue weighted by molar-refractivity contribution is 5.86. The average Bonchev–Trinajstić information content (AvgIpc) is 2.89. The minimum atomic E-state index is -0.530. The minimum Gasteiger partial charge on any atom is -0.507 e. The Bertz CT molecular complexity index is 821. The molecule has 0 saturated carbocycles. The number of hydrogen-bond donors (Lipinski definition) is 2. The number of aromatic nitrogens is 2. The Labute approximate surface area is 118 Å². The molecule has 0 fully saturated rings. The van der Waals surface area contributed by atoms with Crippen molar-refractivity contribution in [1.29, 1.82) is 0 Å². The Kier molecular flexibility index (Phi) is 3.07. The van der Waals surface area contributed by atoms with E-state index < -0.39 is 4.92 Å². The van der Waals surface area contributed by atoms with E-state index in [9.17, 15) is 15.2 Å². The van der Waals surface area contributed by atoms with Gasteiger partial charge >= 0.3 is 0 Å². The van der Waals surface area contributed by atoms with Gasteiger partial charge in [0, 0.05) is 23.9 Å². The van der Waals surface area contributed by atoms with Crippen LogP contribution in [-0.2, 0) is 0 Å². The molecule has 2 aromatic carbocycles. The van der Waals surface area contributed by atoms with Crippen molar-refractivity contribution in [2.45, 2.75) is 0 Å². The molecule has 7 nitrogen and oxygen atoms in total. The smallest absolute Gasteiger partial charge is 0.270 e. The largest absolute Gasteiger partial charge is 0.507 e. The first-order valence-corrected chi connectivity index (χ1v) is 6.10. The molecule has 0 aliphatic carbocycles. The molecular formula is C14H10N4O3. The fraction of sp³-hybridized carbons (Fsp3) is 0. The number of non-ortho nitro benzene ring substituents is 1. The number of H-pyrrole nitrogens is 1. The average molecular weight is 282 g/mol. The number of nitrogens with one attached hydrogen (secondary N) is 1. The molecule has 0 amide bonds. The van der Waals surface area contributed by atoms with Crippen molar-refractivity contribution in [1.82, 2.24) is 9.97 Å². The van der Waals surface area contributed by atoms with E-state index in [2.05, 4.69) is 15.0 Å². The number of aromatic amines is 1. The van der Waals surface area contributed by atoms with Crippen molar-refractivity contribution in [3.63, 3.8) is 0 Å². The minimum absolute atomic E-state index is 0.0829. The SMILES string of the molecule is O=[N+]([O-])c1ccc(O)c(/C=N/c2nc3ccccc3[nH]2)c1. The molecule has 104 valence electrons. The van der Waals surface area contributed by atoms with Gasteiger partial charge in [0.15, 0.2) is 0 Å². The predicted molar refractivity (Wildman–Crippen MR) is 78.1 cm³/mol. The number of phenolic OH excluding ortho intramolecular Hbond substituents is 1. The fourth-order valence-electron chi connectivity index (χ4n) is 1.89. The monoisotopic (exact) mass is 282 g/mol. The first-order chi connectivity index (χ1) is 10.1. The molecule has 0 bridgehead atoms. The van der Waals surface area contributed by atoms with E-state index in [1.165, 1.54) is 24.4 Å². The lowest BCUT2D eigenvalue weighted by molar-refractivity contribution is -0.384. The second-order valence-electron chi connectivity index (χ2n) is 4.34. The molecule has 3 rings (SSSR count). The van der Waals surface area contributed by atoms with Crippen molar-refractivity contribution in [2.75, 3.05) is 0 Å². The summed E-state index contributed by atoms with van der Waals surface area (Å²) in [6, 6.07) is 11.2.